The maximum absolute atomic E-state index is 14.3. The second-order valence-electron chi connectivity index (χ2n) is 5.63. The van der Waals surface area contributed by atoms with Crippen LogP contribution in [-0.4, -0.2) is 19.5 Å². The first-order chi connectivity index (χ1) is 11.5. The van der Waals surface area contributed by atoms with Gasteiger partial charge in [0, 0.05) is 12.0 Å². The fourth-order valence-corrected chi connectivity index (χ4v) is 2.65. The van der Waals surface area contributed by atoms with Crippen LogP contribution in [0.3, 0.4) is 0 Å². The Morgan fingerprint density at radius 3 is 2.17 bits per heavy atom. The Hall–Kier alpha value is -1.92. The average Bonchev–Trinajstić information content (AvgIpc) is 2.58. The van der Waals surface area contributed by atoms with Crippen molar-refractivity contribution in [2.24, 2.45) is 0 Å². The van der Waals surface area contributed by atoms with Crippen molar-refractivity contribution in [3.05, 3.63) is 59.2 Å². The highest BCUT2D eigenvalue weighted by molar-refractivity contribution is 5.64. The maximum Gasteiger partial charge on any atom is 0.194 e. The van der Waals surface area contributed by atoms with E-state index in [1.165, 1.54) is 12.1 Å². The van der Waals surface area contributed by atoms with Gasteiger partial charge in [-0.3, -0.25) is 0 Å². The highest BCUT2D eigenvalue weighted by atomic mass is 19.2. The lowest BCUT2D eigenvalue weighted by Gasteiger charge is -2.23. The third-order valence-electron chi connectivity index (χ3n) is 3.89. The molecule has 2 aromatic carbocycles. The predicted molar refractivity (Wildman–Crippen MR) is 80.3 cm³/mol. The second kappa shape index (κ2) is 7.32. The molecule has 2 nitrogen and oxygen atoms in total. The zero-order chi connectivity index (χ0) is 17.1. The van der Waals surface area contributed by atoms with Crippen molar-refractivity contribution < 1.29 is 27.0 Å². The smallest absolute Gasteiger partial charge is 0.194 e. The molecule has 1 fully saturated rings. The molecule has 0 radical (unpaired) electrons. The summed E-state index contributed by atoms with van der Waals surface area (Å²) in [5, 5.41) is 0. The van der Waals surface area contributed by atoms with Crippen molar-refractivity contribution >= 4 is 0 Å². The largest absolute Gasteiger partial charge is 0.353 e. The predicted octanol–water partition coefficient (Wildman–Crippen LogP) is 4.61. The summed E-state index contributed by atoms with van der Waals surface area (Å²) in [5.41, 5.74) is 0.688. The van der Waals surface area contributed by atoms with Crippen LogP contribution >= 0.6 is 0 Å². The van der Waals surface area contributed by atoms with Crippen LogP contribution in [0.15, 0.2) is 30.3 Å². The Morgan fingerprint density at radius 2 is 1.54 bits per heavy atom. The molecule has 0 N–H and O–H groups in total. The van der Waals surface area contributed by atoms with Crippen LogP contribution in [0.4, 0.5) is 17.6 Å². The van der Waals surface area contributed by atoms with Gasteiger partial charge in [0.05, 0.1) is 13.2 Å². The Balaban J connectivity index is 1.75. The van der Waals surface area contributed by atoms with Crippen LogP contribution in [-0.2, 0) is 15.9 Å². The molecular formula is C18H16F4O2. The van der Waals surface area contributed by atoms with Crippen LogP contribution in [0.1, 0.15) is 18.4 Å². The monoisotopic (exact) mass is 340 g/mol. The minimum Gasteiger partial charge on any atom is -0.353 e. The fraction of sp³-hybridized carbons (Fsp3) is 0.333. The molecule has 1 saturated heterocycles. The molecule has 6 heteroatoms. The summed E-state index contributed by atoms with van der Waals surface area (Å²) in [5.74, 6) is -4.88. The lowest BCUT2D eigenvalue weighted by molar-refractivity contribution is -0.180. The van der Waals surface area contributed by atoms with Crippen molar-refractivity contribution in [1.82, 2.24) is 0 Å². The molecule has 1 heterocycles. The first kappa shape index (κ1) is 16.9. The van der Waals surface area contributed by atoms with Gasteiger partial charge in [-0.1, -0.05) is 12.1 Å². The van der Waals surface area contributed by atoms with Crippen molar-refractivity contribution in [3.63, 3.8) is 0 Å². The van der Waals surface area contributed by atoms with Crippen LogP contribution < -0.4 is 0 Å². The van der Waals surface area contributed by atoms with Crippen molar-refractivity contribution in [2.75, 3.05) is 13.2 Å². The number of hydrogen-bond acceptors (Lipinski definition) is 2. The van der Waals surface area contributed by atoms with Crippen molar-refractivity contribution in [2.45, 2.75) is 25.6 Å². The van der Waals surface area contributed by atoms with Crippen molar-refractivity contribution in [1.29, 1.82) is 0 Å². The van der Waals surface area contributed by atoms with Gasteiger partial charge in [-0.2, -0.15) is 0 Å². The van der Waals surface area contributed by atoms with Gasteiger partial charge in [-0.25, -0.2) is 17.6 Å². The summed E-state index contributed by atoms with van der Waals surface area (Å²) >= 11 is 0. The Kier molecular flexibility index (Phi) is 5.16. The van der Waals surface area contributed by atoms with E-state index in [-0.39, 0.29) is 17.4 Å². The number of hydrogen-bond donors (Lipinski definition) is 0. The van der Waals surface area contributed by atoms with E-state index in [0.717, 1.165) is 24.1 Å². The molecule has 2 aromatic rings. The van der Waals surface area contributed by atoms with Crippen LogP contribution in [0.25, 0.3) is 11.1 Å². The van der Waals surface area contributed by atoms with Crippen molar-refractivity contribution in [3.8, 4) is 11.1 Å². The average molecular weight is 340 g/mol. The molecule has 0 spiro atoms. The normalized spacial score (nSPS) is 15.7. The summed E-state index contributed by atoms with van der Waals surface area (Å²) in [6.45, 7) is 1.30. The highest BCUT2D eigenvalue weighted by Gasteiger charge is 2.16. The van der Waals surface area contributed by atoms with E-state index in [1.54, 1.807) is 6.07 Å². The van der Waals surface area contributed by atoms with Crippen LogP contribution in [0.2, 0.25) is 0 Å². The molecule has 3 rings (SSSR count). The van der Waals surface area contributed by atoms with Crippen LogP contribution in [0.5, 0.6) is 0 Å². The Morgan fingerprint density at radius 1 is 0.875 bits per heavy atom. The topological polar surface area (TPSA) is 18.5 Å². The van der Waals surface area contributed by atoms with Gasteiger partial charge < -0.3 is 9.47 Å². The minimum absolute atomic E-state index is 0.0155. The number of benzene rings is 2. The molecule has 0 bridgehead atoms. The number of ether oxygens (including phenoxy) is 2. The van der Waals surface area contributed by atoms with E-state index in [9.17, 15) is 17.6 Å². The molecule has 24 heavy (non-hydrogen) atoms. The lowest BCUT2D eigenvalue weighted by Crippen LogP contribution is -2.25. The standard InChI is InChI=1S/C18H16F4O2/c19-14-8-11(3-5-17-23-6-1-7-24-17)2-4-13(14)12-9-15(20)18(22)16(21)10-12/h2,4,8-10,17H,1,3,5-7H2. The van der Waals surface area contributed by atoms with E-state index in [0.29, 0.717) is 26.1 Å². The van der Waals surface area contributed by atoms with Gasteiger partial charge in [0.25, 0.3) is 0 Å². The molecule has 0 saturated carbocycles. The zero-order valence-corrected chi connectivity index (χ0v) is 12.8. The summed E-state index contributed by atoms with van der Waals surface area (Å²) in [6, 6.07) is 5.96. The van der Waals surface area contributed by atoms with Gasteiger partial charge in [-0.15, -0.1) is 0 Å². The summed E-state index contributed by atoms with van der Waals surface area (Å²) in [6.07, 6.45) is 1.72. The summed E-state index contributed by atoms with van der Waals surface area (Å²) < 4.78 is 64.7. The molecule has 0 aromatic heterocycles. The summed E-state index contributed by atoms with van der Waals surface area (Å²) in [4.78, 5) is 0. The molecule has 0 amide bonds. The molecule has 0 aliphatic carbocycles. The molecule has 1 aliphatic heterocycles. The van der Waals surface area contributed by atoms with E-state index in [1.807, 2.05) is 0 Å². The second-order valence-corrected chi connectivity index (χ2v) is 5.63. The third-order valence-corrected chi connectivity index (χ3v) is 3.89. The van der Waals surface area contributed by atoms with E-state index in [4.69, 9.17) is 9.47 Å². The molecular weight excluding hydrogens is 324 g/mol. The Bertz CT molecular complexity index is 704. The van der Waals surface area contributed by atoms with Gasteiger partial charge in [0.15, 0.2) is 23.7 Å². The van der Waals surface area contributed by atoms with Gasteiger partial charge in [0.1, 0.15) is 5.82 Å². The SMILES string of the molecule is Fc1cc(CCC2OCCCO2)ccc1-c1cc(F)c(F)c(F)c1. The zero-order valence-electron chi connectivity index (χ0n) is 12.8. The molecule has 0 unspecified atom stereocenters. The maximum atomic E-state index is 14.3. The first-order valence-electron chi connectivity index (χ1n) is 7.71. The van der Waals surface area contributed by atoms with Gasteiger partial charge in [0.2, 0.25) is 0 Å². The van der Waals surface area contributed by atoms with Gasteiger partial charge in [-0.05, 0) is 42.2 Å². The molecule has 1 aliphatic rings. The first-order valence-corrected chi connectivity index (χ1v) is 7.71. The van der Waals surface area contributed by atoms with E-state index < -0.39 is 23.3 Å². The molecule has 0 atom stereocenters. The fourth-order valence-electron chi connectivity index (χ4n) is 2.65. The minimum atomic E-state index is -1.57. The summed E-state index contributed by atoms with van der Waals surface area (Å²) in [7, 11) is 0. The third kappa shape index (κ3) is 3.76. The number of halogens is 4. The number of aryl methyl sites for hydroxylation is 1. The Labute approximate surface area is 137 Å². The van der Waals surface area contributed by atoms with E-state index >= 15 is 0 Å². The highest BCUT2D eigenvalue weighted by Crippen LogP contribution is 2.27. The van der Waals surface area contributed by atoms with Crippen LogP contribution in [0, 0.1) is 23.3 Å². The van der Waals surface area contributed by atoms with Gasteiger partial charge >= 0.3 is 0 Å². The van der Waals surface area contributed by atoms with E-state index in [2.05, 4.69) is 0 Å². The number of rotatable bonds is 4. The quantitative estimate of drug-likeness (QED) is 0.598. The lowest BCUT2D eigenvalue weighted by atomic mass is 10.0. The molecule has 128 valence electrons.